The molecule has 2 heterocycles. The van der Waals surface area contributed by atoms with Gasteiger partial charge in [-0.2, -0.15) is 0 Å². The number of anilines is 1. The summed E-state index contributed by atoms with van der Waals surface area (Å²) >= 11 is 0. The zero-order valence-electron chi connectivity index (χ0n) is 13.4. The first kappa shape index (κ1) is 16.7. The molecule has 0 radical (unpaired) electrons. The summed E-state index contributed by atoms with van der Waals surface area (Å²) in [5.74, 6) is -1.85. The van der Waals surface area contributed by atoms with Gasteiger partial charge in [0.1, 0.15) is 17.8 Å². The molecule has 6 nitrogen and oxygen atoms in total. The van der Waals surface area contributed by atoms with Crippen LogP contribution in [0.5, 0.6) is 0 Å². The molecule has 0 atom stereocenters. The van der Waals surface area contributed by atoms with Crippen LogP contribution in [0.25, 0.3) is 22.0 Å². The van der Waals surface area contributed by atoms with E-state index in [4.69, 9.17) is 5.73 Å². The van der Waals surface area contributed by atoms with E-state index < -0.39 is 17.5 Å². The minimum atomic E-state index is -0.766. The Balaban J connectivity index is 2.21. The summed E-state index contributed by atoms with van der Waals surface area (Å²) in [4.78, 5) is 23.6. The average Bonchev–Trinajstić information content (AvgIpc) is 2.61. The molecule has 0 saturated heterocycles. The molecule has 1 amide bonds. The molecule has 3 N–H and O–H groups in total. The molecule has 0 fully saturated rings. The van der Waals surface area contributed by atoms with Gasteiger partial charge < -0.3 is 11.1 Å². The molecule has 3 aromatic rings. The number of hydrogen-bond acceptors (Lipinski definition) is 5. The number of rotatable bonds is 4. The van der Waals surface area contributed by atoms with Crippen molar-refractivity contribution in [2.45, 2.75) is 13.3 Å². The number of nitrogens with zero attached hydrogens (tertiary/aromatic N) is 3. The quantitative estimate of drug-likeness (QED) is 0.760. The molecule has 1 aromatic carbocycles. The van der Waals surface area contributed by atoms with Crippen molar-refractivity contribution in [3.8, 4) is 11.3 Å². The Bertz CT molecular complexity index is 961. The number of aromatic nitrogens is 3. The molecule has 0 aliphatic rings. The second-order valence-electron chi connectivity index (χ2n) is 5.38. The second kappa shape index (κ2) is 6.76. The molecular formula is C17H15F2N5O. The first-order valence-corrected chi connectivity index (χ1v) is 7.65. The zero-order chi connectivity index (χ0) is 18.0. The third-order valence-electron chi connectivity index (χ3n) is 3.72. The third kappa shape index (κ3) is 2.98. The van der Waals surface area contributed by atoms with Gasteiger partial charge in [-0.15, -0.1) is 0 Å². The van der Waals surface area contributed by atoms with E-state index in [-0.39, 0.29) is 28.0 Å². The molecule has 128 valence electrons. The minimum absolute atomic E-state index is 0.0432. The first-order chi connectivity index (χ1) is 12.0. The van der Waals surface area contributed by atoms with Gasteiger partial charge in [0.25, 0.3) is 5.91 Å². The molecule has 0 aliphatic carbocycles. The van der Waals surface area contributed by atoms with Gasteiger partial charge in [-0.1, -0.05) is 6.92 Å². The summed E-state index contributed by atoms with van der Waals surface area (Å²) < 4.78 is 28.4. The number of fused-ring (bicyclic) bond motifs is 1. The Labute approximate surface area is 142 Å². The number of nitrogen functional groups attached to an aromatic ring is 1. The highest BCUT2D eigenvalue weighted by Gasteiger charge is 2.20. The molecule has 3 rings (SSSR count). The van der Waals surface area contributed by atoms with Crippen molar-refractivity contribution >= 4 is 22.4 Å². The highest BCUT2D eigenvalue weighted by atomic mass is 19.1. The van der Waals surface area contributed by atoms with E-state index in [2.05, 4.69) is 20.3 Å². The van der Waals surface area contributed by atoms with Crippen molar-refractivity contribution in [1.29, 1.82) is 0 Å². The summed E-state index contributed by atoms with van der Waals surface area (Å²) in [5, 5.41) is 3.35. The van der Waals surface area contributed by atoms with Crippen LogP contribution in [0, 0.1) is 11.6 Å². The molecule has 0 saturated carbocycles. The fourth-order valence-corrected chi connectivity index (χ4v) is 2.53. The lowest BCUT2D eigenvalue weighted by atomic mass is 10.0. The van der Waals surface area contributed by atoms with Gasteiger partial charge in [0.2, 0.25) is 0 Å². The Kier molecular flexibility index (Phi) is 4.51. The number of nitrogens with one attached hydrogen (secondary N) is 1. The smallest absolute Gasteiger partial charge is 0.272 e. The monoisotopic (exact) mass is 343 g/mol. The van der Waals surface area contributed by atoms with Gasteiger partial charge in [-0.25, -0.2) is 23.7 Å². The van der Waals surface area contributed by atoms with Gasteiger partial charge in [0.15, 0.2) is 11.5 Å². The normalized spacial score (nSPS) is 10.8. The Morgan fingerprint density at radius 2 is 1.96 bits per heavy atom. The van der Waals surface area contributed by atoms with Crippen LogP contribution in [0.4, 0.5) is 14.5 Å². The van der Waals surface area contributed by atoms with Crippen molar-refractivity contribution in [1.82, 2.24) is 20.3 Å². The van der Waals surface area contributed by atoms with Crippen molar-refractivity contribution in [2.24, 2.45) is 0 Å². The average molecular weight is 343 g/mol. The van der Waals surface area contributed by atoms with Crippen molar-refractivity contribution in [3.05, 3.63) is 48.2 Å². The van der Waals surface area contributed by atoms with Crippen LogP contribution in [-0.4, -0.2) is 27.4 Å². The fraction of sp³-hybridized carbons (Fsp3) is 0.176. The predicted molar refractivity (Wildman–Crippen MR) is 89.7 cm³/mol. The second-order valence-corrected chi connectivity index (χ2v) is 5.38. The van der Waals surface area contributed by atoms with Crippen molar-refractivity contribution < 1.29 is 13.6 Å². The number of hydrogen-bond donors (Lipinski definition) is 2. The van der Waals surface area contributed by atoms with Gasteiger partial charge in [0.05, 0.1) is 11.9 Å². The van der Waals surface area contributed by atoms with Crippen LogP contribution in [0.3, 0.4) is 0 Å². The summed E-state index contributed by atoms with van der Waals surface area (Å²) in [6, 6.07) is 2.59. The number of benzene rings is 1. The Morgan fingerprint density at radius 3 is 2.68 bits per heavy atom. The predicted octanol–water partition coefficient (Wildman–Crippen LogP) is 2.69. The maximum absolute atomic E-state index is 14.4. The lowest BCUT2D eigenvalue weighted by Gasteiger charge is -2.12. The van der Waals surface area contributed by atoms with Crippen molar-refractivity contribution in [2.75, 3.05) is 12.3 Å². The number of carbonyl (C=O) groups excluding carboxylic acids is 1. The Morgan fingerprint density at radius 1 is 1.16 bits per heavy atom. The van der Waals surface area contributed by atoms with Crippen LogP contribution in [0.15, 0.2) is 30.9 Å². The van der Waals surface area contributed by atoms with E-state index in [0.717, 1.165) is 25.0 Å². The third-order valence-corrected chi connectivity index (χ3v) is 3.72. The van der Waals surface area contributed by atoms with Crippen LogP contribution >= 0.6 is 0 Å². The van der Waals surface area contributed by atoms with Gasteiger partial charge in [-0.3, -0.25) is 4.79 Å². The SMILES string of the molecule is CCCNC(=O)c1ncc2c(-c3ncncc3F)c(F)ccc2c1N. The van der Waals surface area contributed by atoms with Crippen molar-refractivity contribution in [3.63, 3.8) is 0 Å². The van der Waals surface area contributed by atoms with Crippen LogP contribution in [-0.2, 0) is 0 Å². The summed E-state index contributed by atoms with van der Waals surface area (Å²) in [6.07, 6.45) is 4.14. The van der Waals surface area contributed by atoms with Gasteiger partial charge >= 0.3 is 0 Å². The molecule has 0 bridgehead atoms. The maximum atomic E-state index is 14.4. The number of amides is 1. The van der Waals surface area contributed by atoms with Crippen LogP contribution < -0.4 is 11.1 Å². The molecular weight excluding hydrogens is 328 g/mol. The van der Waals surface area contributed by atoms with Gasteiger partial charge in [-0.05, 0) is 18.6 Å². The maximum Gasteiger partial charge on any atom is 0.272 e. The largest absolute Gasteiger partial charge is 0.396 e. The number of nitrogens with two attached hydrogens (primary N) is 1. The van der Waals surface area contributed by atoms with Crippen LogP contribution in [0.1, 0.15) is 23.8 Å². The first-order valence-electron chi connectivity index (χ1n) is 7.65. The molecule has 0 spiro atoms. The molecule has 8 heteroatoms. The molecule has 2 aromatic heterocycles. The summed E-state index contributed by atoms with van der Waals surface area (Å²) in [7, 11) is 0. The topological polar surface area (TPSA) is 93.8 Å². The molecule has 0 aliphatic heterocycles. The number of pyridine rings is 1. The van der Waals surface area contributed by atoms with Gasteiger partial charge in [0, 0.05) is 29.1 Å². The highest BCUT2D eigenvalue weighted by Crippen LogP contribution is 2.34. The lowest BCUT2D eigenvalue weighted by molar-refractivity contribution is 0.0950. The van der Waals surface area contributed by atoms with E-state index in [9.17, 15) is 13.6 Å². The summed E-state index contributed by atoms with van der Waals surface area (Å²) in [5.41, 5.74) is 5.93. The summed E-state index contributed by atoms with van der Waals surface area (Å²) in [6.45, 7) is 2.40. The number of carbonyl (C=O) groups is 1. The highest BCUT2D eigenvalue weighted by molar-refractivity contribution is 6.09. The standard InChI is InChI=1S/C17H15F2N5O/c1-2-5-22-17(25)16-14(20)9-3-4-11(18)13(10(9)6-23-16)15-12(19)7-21-8-24-15/h3-4,6-8H,2,5,20H2,1H3,(H,22,25). The number of halogens is 2. The zero-order valence-corrected chi connectivity index (χ0v) is 13.4. The fourth-order valence-electron chi connectivity index (χ4n) is 2.53. The van der Waals surface area contributed by atoms with E-state index in [1.54, 1.807) is 0 Å². The van der Waals surface area contributed by atoms with E-state index in [1.165, 1.54) is 12.3 Å². The molecule has 0 unspecified atom stereocenters. The van der Waals surface area contributed by atoms with E-state index >= 15 is 0 Å². The van der Waals surface area contributed by atoms with E-state index in [0.29, 0.717) is 11.9 Å². The lowest BCUT2D eigenvalue weighted by Crippen LogP contribution is -2.26. The molecule has 25 heavy (non-hydrogen) atoms. The van der Waals surface area contributed by atoms with E-state index in [1.807, 2.05) is 6.92 Å². The minimum Gasteiger partial charge on any atom is -0.396 e. The van der Waals surface area contributed by atoms with Crippen LogP contribution in [0.2, 0.25) is 0 Å². The Hall–Kier alpha value is -3.16.